The molecule has 18 heavy (non-hydrogen) atoms. The molecule has 0 aliphatic carbocycles. The molecule has 3 N–H and O–H groups in total. The van der Waals surface area contributed by atoms with E-state index in [9.17, 15) is 0 Å². The molecule has 0 fully saturated rings. The molecule has 2 aromatic rings. The number of benzene rings is 1. The Balaban J connectivity index is 1.81. The van der Waals surface area contributed by atoms with E-state index in [0.717, 1.165) is 11.3 Å². The fourth-order valence-electron chi connectivity index (χ4n) is 1.57. The number of aromatic nitrogens is 1. The summed E-state index contributed by atoms with van der Waals surface area (Å²) in [6.07, 6.45) is 1.74. The number of anilines is 2. The number of hydrogen-bond acceptors (Lipinski definition) is 4. The molecule has 0 amide bonds. The number of para-hydroxylation sites is 1. The summed E-state index contributed by atoms with van der Waals surface area (Å²) < 4.78 is 5.57. The highest BCUT2D eigenvalue weighted by atomic mass is 16.5. The first-order chi connectivity index (χ1) is 8.77. The smallest absolute Gasteiger partial charge is 0.149 e. The van der Waals surface area contributed by atoms with Crippen molar-refractivity contribution in [2.75, 3.05) is 24.2 Å². The lowest BCUT2D eigenvalue weighted by Gasteiger charge is -2.10. The van der Waals surface area contributed by atoms with Crippen LogP contribution in [0.25, 0.3) is 0 Å². The van der Waals surface area contributed by atoms with Crippen molar-refractivity contribution < 1.29 is 4.74 Å². The lowest BCUT2D eigenvalue weighted by Crippen LogP contribution is -2.13. The average molecular weight is 243 g/mol. The van der Waals surface area contributed by atoms with Gasteiger partial charge in [-0.15, -0.1) is 0 Å². The number of nitrogens with one attached hydrogen (secondary N) is 1. The SMILES string of the molecule is Cc1ccnc(NCCOc2ccccc2)c1N. The van der Waals surface area contributed by atoms with E-state index in [2.05, 4.69) is 10.3 Å². The van der Waals surface area contributed by atoms with E-state index < -0.39 is 0 Å². The first kappa shape index (κ1) is 12.2. The third-order valence-electron chi connectivity index (χ3n) is 2.61. The summed E-state index contributed by atoms with van der Waals surface area (Å²) in [6.45, 7) is 3.19. The van der Waals surface area contributed by atoms with Crippen LogP contribution in [-0.4, -0.2) is 18.1 Å². The van der Waals surface area contributed by atoms with Crippen molar-refractivity contribution in [2.45, 2.75) is 6.92 Å². The molecule has 0 aliphatic rings. The van der Waals surface area contributed by atoms with E-state index >= 15 is 0 Å². The van der Waals surface area contributed by atoms with Gasteiger partial charge in [0.2, 0.25) is 0 Å². The largest absolute Gasteiger partial charge is 0.492 e. The zero-order chi connectivity index (χ0) is 12.8. The molecular weight excluding hydrogens is 226 g/mol. The summed E-state index contributed by atoms with van der Waals surface area (Å²) in [5, 5.41) is 3.16. The summed E-state index contributed by atoms with van der Waals surface area (Å²) in [5.74, 6) is 1.58. The molecule has 0 aliphatic heterocycles. The van der Waals surface area contributed by atoms with Gasteiger partial charge in [-0.3, -0.25) is 0 Å². The predicted octanol–water partition coefficient (Wildman–Crippen LogP) is 2.46. The summed E-state index contributed by atoms with van der Waals surface area (Å²) in [4.78, 5) is 4.19. The summed E-state index contributed by atoms with van der Waals surface area (Å²) in [7, 11) is 0. The van der Waals surface area contributed by atoms with Gasteiger partial charge < -0.3 is 15.8 Å². The van der Waals surface area contributed by atoms with Gasteiger partial charge in [0.25, 0.3) is 0 Å². The van der Waals surface area contributed by atoms with Crippen LogP contribution in [0.5, 0.6) is 5.75 Å². The Morgan fingerprint density at radius 1 is 1.22 bits per heavy atom. The van der Waals surface area contributed by atoms with Crippen molar-refractivity contribution in [2.24, 2.45) is 0 Å². The first-order valence-corrected chi connectivity index (χ1v) is 5.90. The van der Waals surface area contributed by atoms with Crippen molar-refractivity contribution in [1.82, 2.24) is 4.98 Å². The van der Waals surface area contributed by atoms with E-state index in [0.29, 0.717) is 24.7 Å². The monoisotopic (exact) mass is 243 g/mol. The second-order valence-corrected chi connectivity index (χ2v) is 3.98. The molecule has 1 aromatic carbocycles. The van der Waals surface area contributed by atoms with Gasteiger partial charge >= 0.3 is 0 Å². The van der Waals surface area contributed by atoms with Crippen LogP contribution in [0.4, 0.5) is 11.5 Å². The second-order valence-electron chi connectivity index (χ2n) is 3.98. The zero-order valence-electron chi connectivity index (χ0n) is 10.4. The molecule has 1 heterocycles. The number of nitrogen functional groups attached to an aromatic ring is 1. The van der Waals surface area contributed by atoms with Crippen molar-refractivity contribution in [1.29, 1.82) is 0 Å². The Morgan fingerprint density at radius 2 is 2.00 bits per heavy atom. The number of hydrogen-bond donors (Lipinski definition) is 2. The highest BCUT2D eigenvalue weighted by Crippen LogP contribution is 2.18. The van der Waals surface area contributed by atoms with Crippen LogP contribution in [0.2, 0.25) is 0 Å². The van der Waals surface area contributed by atoms with Gasteiger partial charge in [0.15, 0.2) is 0 Å². The third kappa shape index (κ3) is 3.13. The van der Waals surface area contributed by atoms with Crippen LogP contribution >= 0.6 is 0 Å². The predicted molar refractivity (Wildman–Crippen MR) is 73.8 cm³/mol. The lowest BCUT2D eigenvalue weighted by atomic mass is 10.2. The van der Waals surface area contributed by atoms with Crippen molar-refractivity contribution >= 4 is 11.5 Å². The first-order valence-electron chi connectivity index (χ1n) is 5.90. The topological polar surface area (TPSA) is 60.2 Å². The highest BCUT2D eigenvalue weighted by Gasteiger charge is 2.01. The number of rotatable bonds is 5. The van der Waals surface area contributed by atoms with E-state index in [4.69, 9.17) is 10.5 Å². The van der Waals surface area contributed by atoms with Crippen molar-refractivity contribution in [3.63, 3.8) is 0 Å². The van der Waals surface area contributed by atoms with Gasteiger partial charge in [-0.25, -0.2) is 4.98 Å². The van der Waals surface area contributed by atoms with Crippen LogP contribution < -0.4 is 15.8 Å². The Morgan fingerprint density at radius 3 is 2.78 bits per heavy atom. The number of nitrogens with zero attached hydrogens (tertiary/aromatic N) is 1. The molecule has 4 nitrogen and oxygen atoms in total. The van der Waals surface area contributed by atoms with Gasteiger partial charge in [0.1, 0.15) is 18.2 Å². The molecule has 0 saturated carbocycles. The summed E-state index contributed by atoms with van der Waals surface area (Å²) in [5.41, 5.74) is 7.63. The van der Waals surface area contributed by atoms with E-state index in [1.54, 1.807) is 6.20 Å². The van der Waals surface area contributed by atoms with Gasteiger partial charge in [-0.2, -0.15) is 0 Å². The minimum absolute atomic E-state index is 0.569. The normalized spacial score (nSPS) is 10.1. The molecule has 0 atom stereocenters. The number of nitrogens with two attached hydrogens (primary N) is 1. The Bertz CT molecular complexity index is 500. The van der Waals surface area contributed by atoms with Gasteiger partial charge in [-0.05, 0) is 30.7 Å². The van der Waals surface area contributed by atoms with Crippen LogP contribution in [0.1, 0.15) is 5.56 Å². The summed E-state index contributed by atoms with van der Waals surface area (Å²) >= 11 is 0. The van der Waals surface area contributed by atoms with Crippen LogP contribution in [0, 0.1) is 6.92 Å². The fraction of sp³-hybridized carbons (Fsp3) is 0.214. The maximum absolute atomic E-state index is 5.91. The molecule has 0 bridgehead atoms. The quantitative estimate of drug-likeness (QED) is 0.792. The average Bonchev–Trinajstić information content (AvgIpc) is 2.40. The van der Waals surface area contributed by atoms with E-state index in [-0.39, 0.29) is 0 Å². The van der Waals surface area contributed by atoms with E-state index in [1.807, 2.05) is 43.3 Å². The Kier molecular flexibility index (Phi) is 4.02. The second kappa shape index (κ2) is 5.91. The number of aryl methyl sites for hydroxylation is 1. The van der Waals surface area contributed by atoms with Crippen LogP contribution in [-0.2, 0) is 0 Å². The molecule has 0 saturated heterocycles. The standard InChI is InChI=1S/C14H17N3O/c1-11-7-8-16-14(13(11)15)17-9-10-18-12-5-3-2-4-6-12/h2-8H,9-10,15H2,1H3,(H,16,17). The van der Waals surface area contributed by atoms with Crippen LogP contribution in [0.15, 0.2) is 42.6 Å². The van der Waals surface area contributed by atoms with Gasteiger partial charge in [-0.1, -0.05) is 18.2 Å². The minimum atomic E-state index is 0.569. The Hall–Kier alpha value is -2.23. The molecule has 0 radical (unpaired) electrons. The summed E-state index contributed by atoms with van der Waals surface area (Å²) in [6, 6.07) is 11.6. The zero-order valence-corrected chi connectivity index (χ0v) is 10.4. The van der Waals surface area contributed by atoms with Gasteiger partial charge in [0.05, 0.1) is 12.2 Å². The molecular formula is C14H17N3O. The molecule has 0 spiro atoms. The van der Waals surface area contributed by atoms with Crippen molar-refractivity contribution in [3.8, 4) is 5.75 Å². The molecule has 4 heteroatoms. The number of ether oxygens (including phenoxy) is 1. The molecule has 2 rings (SSSR count). The highest BCUT2D eigenvalue weighted by molar-refractivity contribution is 5.64. The van der Waals surface area contributed by atoms with E-state index in [1.165, 1.54) is 0 Å². The van der Waals surface area contributed by atoms with Gasteiger partial charge in [0, 0.05) is 6.20 Å². The molecule has 1 aromatic heterocycles. The lowest BCUT2D eigenvalue weighted by molar-refractivity contribution is 0.333. The molecule has 0 unspecified atom stereocenters. The third-order valence-corrected chi connectivity index (χ3v) is 2.61. The maximum Gasteiger partial charge on any atom is 0.149 e. The minimum Gasteiger partial charge on any atom is -0.492 e. The fourth-order valence-corrected chi connectivity index (χ4v) is 1.57. The Labute approximate surface area is 107 Å². The maximum atomic E-state index is 5.91. The molecule has 94 valence electrons. The number of pyridine rings is 1. The van der Waals surface area contributed by atoms with Crippen molar-refractivity contribution in [3.05, 3.63) is 48.2 Å². The van der Waals surface area contributed by atoms with Crippen LogP contribution in [0.3, 0.4) is 0 Å².